The Balaban J connectivity index is 1.67. The van der Waals surface area contributed by atoms with Gasteiger partial charge in [-0.15, -0.1) is 0 Å². The molecule has 1 heterocycles. The highest BCUT2D eigenvalue weighted by Crippen LogP contribution is 2.16. The minimum atomic E-state index is 0.338. The minimum absolute atomic E-state index is 0.338. The Morgan fingerprint density at radius 1 is 0.950 bits per heavy atom. The third-order valence-electron chi connectivity index (χ3n) is 3.34. The van der Waals surface area contributed by atoms with E-state index in [1.807, 2.05) is 36.7 Å². The lowest BCUT2D eigenvalue weighted by molar-refractivity contribution is 0.464. The van der Waals surface area contributed by atoms with E-state index in [0.717, 1.165) is 17.5 Å². The molecule has 3 heteroatoms. The third-order valence-corrected chi connectivity index (χ3v) is 3.34. The van der Waals surface area contributed by atoms with Crippen molar-refractivity contribution in [2.45, 2.75) is 13.1 Å². The minimum Gasteiger partial charge on any atom is -0.508 e. The zero-order valence-electron chi connectivity index (χ0n) is 11.1. The molecule has 20 heavy (non-hydrogen) atoms. The first-order valence-electron chi connectivity index (χ1n) is 6.63. The Morgan fingerprint density at radius 2 is 1.85 bits per heavy atom. The van der Waals surface area contributed by atoms with Crippen LogP contribution in [0.2, 0.25) is 0 Å². The molecule has 2 N–H and O–H groups in total. The molecule has 2 aromatic carbocycles. The summed E-state index contributed by atoms with van der Waals surface area (Å²) in [6.45, 7) is 1.42. The fraction of sp³-hybridized carbons (Fsp3) is 0.118. The number of aromatic hydroxyl groups is 1. The molecule has 0 aliphatic carbocycles. The Morgan fingerprint density at radius 3 is 2.75 bits per heavy atom. The number of phenols is 1. The summed E-state index contributed by atoms with van der Waals surface area (Å²) in [5.41, 5.74) is 2.14. The van der Waals surface area contributed by atoms with Crippen LogP contribution >= 0.6 is 0 Å². The van der Waals surface area contributed by atoms with E-state index in [9.17, 15) is 5.11 Å². The molecule has 0 aliphatic heterocycles. The van der Waals surface area contributed by atoms with Gasteiger partial charge < -0.3 is 10.4 Å². The molecule has 0 amide bonds. The van der Waals surface area contributed by atoms with Crippen LogP contribution in [0.4, 0.5) is 0 Å². The Labute approximate surface area is 117 Å². The van der Waals surface area contributed by atoms with Gasteiger partial charge in [0, 0.05) is 36.4 Å². The molecule has 0 aliphatic rings. The highest BCUT2D eigenvalue weighted by Gasteiger charge is 2.00. The average Bonchev–Trinajstić information content (AvgIpc) is 2.49. The predicted molar refractivity (Wildman–Crippen MR) is 80.4 cm³/mol. The van der Waals surface area contributed by atoms with Crippen molar-refractivity contribution in [1.29, 1.82) is 0 Å². The smallest absolute Gasteiger partial charge is 0.120 e. The van der Waals surface area contributed by atoms with Gasteiger partial charge in [-0.1, -0.05) is 30.3 Å². The topological polar surface area (TPSA) is 45.1 Å². The van der Waals surface area contributed by atoms with E-state index in [4.69, 9.17) is 0 Å². The summed E-state index contributed by atoms with van der Waals surface area (Å²) in [7, 11) is 0. The molecule has 0 atom stereocenters. The highest BCUT2D eigenvalue weighted by molar-refractivity contribution is 5.81. The molecule has 0 saturated heterocycles. The molecule has 0 fully saturated rings. The second-order valence-electron chi connectivity index (χ2n) is 4.79. The number of phenolic OH excluding ortho intramolecular Hbond substituents is 1. The normalized spacial score (nSPS) is 10.8. The van der Waals surface area contributed by atoms with E-state index in [2.05, 4.69) is 28.5 Å². The predicted octanol–water partition coefficient (Wildman–Crippen LogP) is 3.23. The van der Waals surface area contributed by atoms with Crippen LogP contribution in [0.1, 0.15) is 11.1 Å². The maximum Gasteiger partial charge on any atom is 0.120 e. The first-order valence-corrected chi connectivity index (χ1v) is 6.63. The van der Waals surface area contributed by atoms with Gasteiger partial charge >= 0.3 is 0 Å². The standard InChI is InChI=1S/C17H16N2O/c20-17-4-2-1-3-16(17)12-19-10-13-5-6-15-11-18-8-7-14(15)9-13/h1-9,11,19-20H,10,12H2. The quantitative estimate of drug-likeness (QED) is 0.760. The summed E-state index contributed by atoms with van der Waals surface area (Å²) in [5, 5.41) is 15.4. The molecule has 0 radical (unpaired) electrons. The van der Waals surface area contributed by atoms with E-state index in [1.165, 1.54) is 10.9 Å². The van der Waals surface area contributed by atoms with Gasteiger partial charge in [-0.3, -0.25) is 4.98 Å². The zero-order chi connectivity index (χ0) is 13.8. The first-order chi connectivity index (χ1) is 9.83. The monoisotopic (exact) mass is 264 g/mol. The fourth-order valence-electron chi connectivity index (χ4n) is 2.24. The molecule has 0 bridgehead atoms. The van der Waals surface area contributed by atoms with Crippen LogP contribution in [0.5, 0.6) is 5.75 Å². The van der Waals surface area contributed by atoms with Gasteiger partial charge in [0.25, 0.3) is 0 Å². The Hall–Kier alpha value is -2.39. The number of aromatic nitrogens is 1. The van der Waals surface area contributed by atoms with Gasteiger partial charge in [-0.25, -0.2) is 0 Å². The summed E-state index contributed by atoms with van der Waals surface area (Å²) in [5.74, 6) is 0.338. The van der Waals surface area contributed by atoms with Crippen molar-refractivity contribution in [3.63, 3.8) is 0 Å². The van der Waals surface area contributed by atoms with E-state index in [1.54, 1.807) is 6.07 Å². The number of para-hydroxylation sites is 1. The molecule has 3 rings (SSSR count). The van der Waals surface area contributed by atoms with Gasteiger partial charge in [0.2, 0.25) is 0 Å². The van der Waals surface area contributed by atoms with Crippen molar-refractivity contribution in [3.8, 4) is 5.75 Å². The van der Waals surface area contributed by atoms with Gasteiger partial charge in [0.15, 0.2) is 0 Å². The number of pyridine rings is 1. The van der Waals surface area contributed by atoms with E-state index < -0.39 is 0 Å². The molecular formula is C17H16N2O. The second-order valence-corrected chi connectivity index (χ2v) is 4.79. The average molecular weight is 264 g/mol. The van der Waals surface area contributed by atoms with Crippen LogP contribution in [0.3, 0.4) is 0 Å². The van der Waals surface area contributed by atoms with Crippen LogP contribution in [-0.4, -0.2) is 10.1 Å². The van der Waals surface area contributed by atoms with Crippen molar-refractivity contribution >= 4 is 10.8 Å². The van der Waals surface area contributed by atoms with E-state index in [0.29, 0.717) is 12.3 Å². The van der Waals surface area contributed by atoms with Crippen LogP contribution in [0, 0.1) is 0 Å². The number of nitrogens with zero attached hydrogens (tertiary/aromatic N) is 1. The number of benzene rings is 2. The fourth-order valence-corrected chi connectivity index (χ4v) is 2.24. The van der Waals surface area contributed by atoms with E-state index in [-0.39, 0.29) is 0 Å². The third kappa shape index (κ3) is 2.78. The van der Waals surface area contributed by atoms with Crippen molar-refractivity contribution in [3.05, 3.63) is 72.1 Å². The number of fused-ring (bicyclic) bond motifs is 1. The maximum absolute atomic E-state index is 9.70. The first kappa shape index (κ1) is 12.6. The van der Waals surface area contributed by atoms with Gasteiger partial charge in [0.05, 0.1) is 0 Å². The lowest BCUT2D eigenvalue weighted by Gasteiger charge is -2.07. The second kappa shape index (κ2) is 5.72. The van der Waals surface area contributed by atoms with Crippen molar-refractivity contribution in [1.82, 2.24) is 10.3 Å². The largest absolute Gasteiger partial charge is 0.508 e. The van der Waals surface area contributed by atoms with Gasteiger partial charge in [0.1, 0.15) is 5.75 Å². The molecule has 0 spiro atoms. The summed E-state index contributed by atoms with van der Waals surface area (Å²) >= 11 is 0. The van der Waals surface area contributed by atoms with Gasteiger partial charge in [-0.05, 0) is 29.1 Å². The Kier molecular flexibility index (Phi) is 3.61. The van der Waals surface area contributed by atoms with Crippen LogP contribution in [0.15, 0.2) is 60.9 Å². The molecule has 1 aromatic heterocycles. The summed E-state index contributed by atoms with van der Waals surface area (Å²) in [6, 6.07) is 15.8. The number of hydrogen-bond donors (Lipinski definition) is 2. The SMILES string of the molecule is Oc1ccccc1CNCc1ccc2cnccc2c1. The lowest BCUT2D eigenvalue weighted by atomic mass is 10.1. The molecule has 0 unspecified atom stereocenters. The lowest BCUT2D eigenvalue weighted by Crippen LogP contribution is -2.12. The molecule has 100 valence electrons. The van der Waals surface area contributed by atoms with Crippen molar-refractivity contribution in [2.24, 2.45) is 0 Å². The molecule has 0 saturated carbocycles. The number of hydrogen-bond acceptors (Lipinski definition) is 3. The molecule has 3 aromatic rings. The number of nitrogens with one attached hydrogen (secondary N) is 1. The maximum atomic E-state index is 9.70. The summed E-state index contributed by atoms with van der Waals surface area (Å²) in [4.78, 5) is 4.11. The van der Waals surface area contributed by atoms with Crippen LogP contribution in [0.25, 0.3) is 10.8 Å². The van der Waals surface area contributed by atoms with Crippen LogP contribution in [-0.2, 0) is 13.1 Å². The summed E-state index contributed by atoms with van der Waals surface area (Å²) < 4.78 is 0. The van der Waals surface area contributed by atoms with Crippen molar-refractivity contribution < 1.29 is 5.11 Å². The zero-order valence-corrected chi connectivity index (χ0v) is 11.1. The van der Waals surface area contributed by atoms with Crippen molar-refractivity contribution in [2.75, 3.05) is 0 Å². The van der Waals surface area contributed by atoms with E-state index >= 15 is 0 Å². The van der Waals surface area contributed by atoms with Gasteiger partial charge in [-0.2, -0.15) is 0 Å². The Bertz CT molecular complexity index is 725. The molecular weight excluding hydrogens is 248 g/mol. The summed E-state index contributed by atoms with van der Waals surface area (Å²) in [6.07, 6.45) is 3.68. The molecule has 3 nitrogen and oxygen atoms in total. The number of rotatable bonds is 4. The highest BCUT2D eigenvalue weighted by atomic mass is 16.3. The van der Waals surface area contributed by atoms with Crippen LogP contribution < -0.4 is 5.32 Å².